The van der Waals surface area contributed by atoms with Crippen LogP contribution in [-0.4, -0.2) is 16.6 Å². The summed E-state index contributed by atoms with van der Waals surface area (Å²) in [6, 6.07) is 5.23. The first-order valence-electron chi connectivity index (χ1n) is 4.94. The maximum absolute atomic E-state index is 12.1. The zero-order valence-corrected chi connectivity index (χ0v) is 10.1. The molecule has 0 fully saturated rings. The maximum atomic E-state index is 12.1. The highest BCUT2D eigenvalue weighted by atomic mass is 32.2. The van der Waals surface area contributed by atoms with Crippen LogP contribution in [0.25, 0.3) is 0 Å². The molecule has 15 heavy (non-hydrogen) atoms. The Hall–Kier alpha value is -1.03. The van der Waals surface area contributed by atoms with Crippen molar-refractivity contribution < 1.29 is 8.95 Å². The number of hydrogen-bond acceptors (Lipinski definition) is 3. The first kappa shape index (κ1) is 12.0. The fourth-order valence-corrected chi connectivity index (χ4v) is 2.50. The Morgan fingerprint density at radius 2 is 2.20 bits per heavy atom. The first-order chi connectivity index (χ1) is 7.10. The van der Waals surface area contributed by atoms with Gasteiger partial charge >= 0.3 is 0 Å². The van der Waals surface area contributed by atoms with Crippen molar-refractivity contribution in [2.45, 2.75) is 30.4 Å². The standard InChI is InChI=1S/C11H17NO2S/c1-4-8(2)15(13)11-6-5-9(12)7-10(11)14-3/h5-8H,4,12H2,1-3H3. The largest absolute Gasteiger partial charge is 0.495 e. The van der Waals surface area contributed by atoms with Gasteiger partial charge in [-0.25, -0.2) is 0 Å². The number of nitrogens with two attached hydrogens (primary N) is 1. The molecule has 1 rings (SSSR count). The molecule has 0 spiro atoms. The van der Waals surface area contributed by atoms with Gasteiger partial charge in [0.15, 0.2) is 0 Å². The topological polar surface area (TPSA) is 52.3 Å². The predicted molar refractivity (Wildman–Crippen MR) is 63.6 cm³/mol. The molecular formula is C11H17NO2S. The molecule has 0 saturated carbocycles. The molecule has 0 saturated heterocycles. The number of hydrogen-bond donors (Lipinski definition) is 1. The Bertz CT molecular complexity index is 366. The van der Waals surface area contributed by atoms with E-state index in [0.29, 0.717) is 11.4 Å². The van der Waals surface area contributed by atoms with Gasteiger partial charge < -0.3 is 10.5 Å². The van der Waals surface area contributed by atoms with Crippen molar-refractivity contribution in [1.29, 1.82) is 0 Å². The Morgan fingerprint density at radius 1 is 1.53 bits per heavy atom. The van der Waals surface area contributed by atoms with Crippen LogP contribution in [0.4, 0.5) is 5.69 Å². The summed E-state index contributed by atoms with van der Waals surface area (Å²) in [5.74, 6) is 0.605. The summed E-state index contributed by atoms with van der Waals surface area (Å²) in [4.78, 5) is 0.723. The molecule has 2 unspecified atom stereocenters. The van der Waals surface area contributed by atoms with E-state index in [1.807, 2.05) is 13.8 Å². The molecule has 84 valence electrons. The van der Waals surface area contributed by atoms with Crippen molar-refractivity contribution in [3.8, 4) is 5.75 Å². The third-order valence-corrected chi connectivity index (χ3v) is 4.18. The molecule has 0 aliphatic heterocycles. The van der Waals surface area contributed by atoms with Crippen LogP contribution in [0.1, 0.15) is 20.3 Å². The fourth-order valence-electron chi connectivity index (χ4n) is 1.22. The van der Waals surface area contributed by atoms with Crippen LogP contribution in [0.3, 0.4) is 0 Å². The summed E-state index contributed by atoms with van der Waals surface area (Å²) in [5.41, 5.74) is 6.25. The number of anilines is 1. The van der Waals surface area contributed by atoms with E-state index >= 15 is 0 Å². The van der Waals surface area contributed by atoms with Crippen molar-refractivity contribution in [1.82, 2.24) is 0 Å². The van der Waals surface area contributed by atoms with Crippen LogP contribution in [0, 0.1) is 0 Å². The van der Waals surface area contributed by atoms with Gasteiger partial charge in [-0.3, -0.25) is 4.21 Å². The van der Waals surface area contributed by atoms with Crippen molar-refractivity contribution in [2.75, 3.05) is 12.8 Å². The summed E-state index contributed by atoms with van der Waals surface area (Å²) in [6.07, 6.45) is 0.875. The number of methoxy groups -OCH3 is 1. The van der Waals surface area contributed by atoms with E-state index < -0.39 is 10.8 Å². The average molecular weight is 227 g/mol. The number of nitrogen functional groups attached to an aromatic ring is 1. The minimum absolute atomic E-state index is 0.127. The summed E-state index contributed by atoms with van der Waals surface area (Å²) < 4.78 is 17.2. The van der Waals surface area contributed by atoms with Crippen LogP contribution in [0.15, 0.2) is 23.1 Å². The van der Waals surface area contributed by atoms with Gasteiger partial charge in [0.05, 0.1) is 22.8 Å². The average Bonchev–Trinajstić information content (AvgIpc) is 2.26. The summed E-state index contributed by atoms with van der Waals surface area (Å²) >= 11 is 0. The predicted octanol–water partition coefficient (Wildman–Crippen LogP) is 2.18. The van der Waals surface area contributed by atoms with Crippen LogP contribution in [0.2, 0.25) is 0 Å². The molecule has 3 nitrogen and oxygen atoms in total. The van der Waals surface area contributed by atoms with Crippen LogP contribution >= 0.6 is 0 Å². The van der Waals surface area contributed by atoms with Gasteiger partial charge in [-0.2, -0.15) is 0 Å². The van der Waals surface area contributed by atoms with Gasteiger partial charge in [0, 0.05) is 17.0 Å². The molecule has 0 bridgehead atoms. The van der Waals surface area contributed by atoms with Crippen molar-refractivity contribution in [3.05, 3.63) is 18.2 Å². The normalized spacial score (nSPS) is 14.6. The highest BCUT2D eigenvalue weighted by Gasteiger charge is 2.15. The molecule has 0 heterocycles. The Kier molecular flexibility index (Phi) is 4.15. The maximum Gasteiger partial charge on any atom is 0.137 e. The lowest BCUT2D eigenvalue weighted by Gasteiger charge is -2.12. The van der Waals surface area contributed by atoms with Gasteiger partial charge in [0.2, 0.25) is 0 Å². The van der Waals surface area contributed by atoms with Crippen molar-refractivity contribution >= 4 is 16.5 Å². The summed E-state index contributed by atoms with van der Waals surface area (Å²) in [7, 11) is 0.533. The Morgan fingerprint density at radius 3 is 2.73 bits per heavy atom. The Labute approximate surface area is 93.1 Å². The molecular weight excluding hydrogens is 210 g/mol. The van der Waals surface area contributed by atoms with Gasteiger partial charge in [0.25, 0.3) is 0 Å². The van der Waals surface area contributed by atoms with Crippen LogP contribution in [0.5, 0.6) is 5.75 Å². The van der Waals surface area contributed by atoms with Crippen molar-refractivity contribution in [2.24, 2.45) is 0 Å². The lowest BCUT2D eigenvalue weighted by Crippen LogP contribution is -2.10. The minimum Gasteiger partial charge on any atom is -0.495 e. The van der Waals surface area contributed by atoms with E-state index in [1.165, 1.54) is 0 Å². The molecule has 0 amide bonds. The molecule has 0 aliphatic rings. The molecule has 0 radical (unpaired) electrons. The quantitative estimate of drug-likeness (QED) is 0.802. The zero-order chi connectivity index (χ0) is 11.4. The van der Waals surface area contributed by atoms with Crippen LogP contribution < -0.4 is 10.5 Å². The van der Waals surface area contributed by atoms with Gasteiger partial charge in [-0.05, 0) is 18.6 Å². The van der Waals surface area contributed by atoms with E-state index in [2.05, 4.69) is 0 Å². The zero-order valence-electron chi connectivity index (χ0n) is 9.32. The second kappa shape index (κ2) is 5.16. The van der Waals surface area contributed by atoms with Gasteiger partial charge in [0.1, 0.15) is 5.75 Å². The smallest absolute Gasteiger partial charge is 0.137 e. The SMILES string of the molecule is CCC(C)S(=O)c1ccc(N)cc1OC. The molecule has 4 heteroatoms. The number of ether oxygens (including phenoxy) is 1. The third kappa shape index (κ3) is 2.72. The van der Waals surface area contributed by atoms with Crippen LogP contribution in [-0.2, 0) is 10.8 Å². The number of rotatable bonds is 4. The highest BCUT2D eigenvalue weighted by Crippen LogP contribution is 2.27. The van der Waals surface area contributed by atoms with E-state index in [0.717, 1.165) is 11.3 Å². The molecule has 1 aromatic carbocycles. The van der Waals surface area contributed by atoms with E-state index in [1.54, 1.807) is 25.3 Å². The van der Waals surface area contributed by atoms with E-state index in [9.17, 15) is 4.21 Å². The minimum atomic E-state index is -1.03. The molecule has 1 aromatic rings. The fraction of sp³-hybridized carbons (Fsp3) is 0.455. The highest BCUT2D eigenvalue weighted by molar-refractivity contribution is 7.85. The molecule has 2 N–H and O–H groups in total. The molecule has 0 aromatic heterocycles. The van der Waals surface area contributed by atoms with E-state index in [-0.39, 0.29) is 5.25 Å². The monoisotopic (exact) mass is 227 g/mol. The van der Waals surface area contributed by atoms with Gasteiger partial charge in [-0.15, -0.1) is 0 Å². The molecule has 2 atom stereocenters. The lowest BCUT2D eigenvalue weighted by molar-refractivity contribution is 0.404. The second-order valence-corrected chi connectivity index (χ2v) is 5.27. The van der Waals surface area contributed by atoms with Crippen molar-refractivity contribution in [3.63, 3.8) is 0 Å². The Balaban J connectivity index is 3.08. The number of benzene rings is 1. The van der Waals surface area contributed by atoms with E-state index in [4.69, 9.17) is 10.5 Å². The first-order valence-corrected chi connectivity index (χ1v) is 6.15. The summed E-state index contributed by atoms with van der Waals surface area (Å²) in [5, 5.41) is 0.127. The summed E-state index contributed by atoms with van der Waals surface area (Å²) in [6.45, 7) is 3.98. The molecule has 0 aliphatic carbocycles. The lowest BCUT2D eigenvalue weighted by atomic mass is 10.3. The second-order valence-electron chi connectivity index (χ2n) is 3.43. The third-order valence-electron chi connectivity index (χ3n) is 2.34. The van der Waals surface area contributed by atoms with Gasteiger partial charge in [-0.1, -0.05) is 13.8 Å².